The summed E-state index contributed by atoms with van der Waals surface area (Å²) in [5.41, 5.74) is 0.404. The zero-order valence-electron chi connectivity index (χ0n) is 16.8. The Morgan fingerprint density at radius 2 is 1.89 bits per heavy atom. The van der Waals surface area contributed by atoms with E-state index in [2.05, 4.69) is 24.7 Å². The van der Waals surface area contributed by atoms with Gasteiger partial charge in [-0.15, -0.1) is 0 Å². The van der Waals surface area contributed by atoms with Crippen molar-refractivity contribution in [2.24, 2.45) is 0 Å². The van der Waals surface area contributed by atoms with Crippen LogP contribution in [-0.4, -0.2) is 55.5 Å². The van der Waals surface area contributed by atoms with Gasteiger partial charge in [0.05, 0.1) is 14.1 Å². The molecule has 0 unspecified atom stereocenters. The van der Waals surface area contributed by atoms with Crippen molar-refractivity contribution in [2.75, 3.05) is 27.2 Å². The summed E-state index contributed by atoms with van der Waals surface area (Å²) in [7, 11) is 4.11. The Kier molecular flexibility index (Phi) is 6.34. The Morgan fingerprint density at radius 1 is 1.21 bits per heavy atom. The number of benzene rings is 1. The second-order valence-electron chi connectivity index (χ2n) is 8.22. The van der Waals surface area contributed by atoms with Gasteiger partial charge in [-0.2, -0.15) is 0 Å². The van der Waals surface area contributed by atoms with Gasteiger partial charge in [0.15, 0.2) is 0 Å². The lowest BCUT2D eigenvalue weighted by Crippen LogP contribution is -3.06. The SMILES string of the molecule is C[NH+](C)C[C@@H](NC(=O)CCCN1C(=O)NC2(CCCC2)C1=O)c1ccccc1. The third-order valence-corrected chi connectivity index (χ3v) is 5.64. The fourth-order valence-corrected chi connectivity index (χ4v) is 4.21. The molecular weight excluding hydrogens is 356 g/mol. The number of nitrogens with zero attached hydrogens (tertiary/aromatic N) is 1. The van der Waals surface area contributed by atoms with Gasteiger partial charge in [-0.25, -0.2) is 4.79 Å². The zero-order valence-corrected chi connectivity index (χ0v) is 16.8. The van der Waals surface area contributed by atoms with Gasteiger partial charge < -0.3 is 15.5 Å². The standard InChI is InChI=1S/C21H30N4O3/c1-24(2)15-17(16-9-4-3-5-10-16)22-18(26)11-8-14-25-19(27)21(23-20(25)28)12-6-7-13-21/h3-5,9-10,17H,6-8,11-15H2,1-2H3,(H,22,26)(H,23,28)/p+1/t17-/m1/s1. The minimum Gasteiger partial charge on any atom is -0.344 e. The van der Waals surface area contributed by atoms with Crippen molar-refractivity contribution in [2.45, 2.75) is 50.1 Å². The molecule has 1 aromatic rings. The number of hydrogen-bond acceptors (Lipinski definition) is 3. The summed E-state index contributed by atoms with van der Waals surface area (Å²) >= 11 is 0. The van der Waals surface area contributed by atoms with Gasteiger partial charge in [-0.05, 0) is 24.8 Å². The number of likely N-dealkylation sites (N-methyl/N-ethyl adjacent to an activating group) is 1. The lowest BCUT2D eigenvalue weighted by Gasteiger charge is -2.21. The largest absolute Gasteiger partial charge is 0.344 e. The number of urea groups is 1. The average molecular weight is 388 g/mol. The maximum atomic E-state index is 12.6. The number of hydrogen-bond donors (Lipinski definition) is 3. The van der Waals surface area contributed by atoms with Crippen LogP contribution in [0.1, 0.15) is 50.1 Å². The molecule has 1 aromatic carbocycles. The van der Waals surface area contributed by atoms with E-state index < -0.39 is 5.54 Å². The van der Waals surface area contributed by atoms with Crippen LogP contribution in [-0.2, 0) is 9.59 Å². The van der Waals surface area contributed by atoms with Crippen LogP contribution in [0.3, 0.4) is 0 Å². The molecule has 0 radical (unpaired) electrons. The van der Waals surface area contributed by atoms with E-state index in [1.54, 1.807) is 0 Å². The molecule has 2 fully saturated rings. The first-order valence-electron chi connectivity index (χ1n) is 10.2. The molecule has 0 aromatic heterocycles. The second-order valence-corrected chi connectivity index (χ2v) is 8.22. The van der Waals surface area contributed by atoms with E-state index in [9.17, 15) is 14.4 Å². The van der Waals surface area contributed by atoms with Crippen molar-refractivity contribution in [1.29, 1.82) is 0 Å². The Bertz CT molecular complexity index is 714. The highest BCUT2D eigenvalue weighted by Crippen LogP contribution is 2.35. The van der Waals surface area contributed by atoms with Crippen LogP contribution >= 0.6 is 0 Å². The molecular formula is C21H31N4O3+. The first-order chi connectivity index (χ1) is 13.4. The number of amides is 4. The minimum atomic E-state index is -0.674. The fraction of sp³-hybridized carbons (Fsp3) is 0.571. The van der Waals surface area contributed by atoms with Crippen LogP contribution < -0.4 is 15.5 Å². The summed E-state index contributed by atoms with van der Waals surface area (Å²) < 4.78 is 0. The van der Waals surface area contributed by atoms with Gasteiger partial charge in [0, 0.05) is 13.0 Å². The monoisotopic (exact) mass is 387 g/mol. The zero-order chi connectivity index (χ0) is 20.1. The van der Waals surface area contributed by atoms with Gasteiger partial charge in [0.25, 0.3) is 5.91 Å². The second kappa shape index (κ2) is 8.73. The highest BCUT2D eigenvalue weighted by atomic mass is 16.2. The van der Waals surface area contributed by atoms with Crippen molar-refractivity contribution < 1.29 is 19.3 Å². The van der Waals surface area contributed by atoms with Crippen molar-refractivity contribution in [3.63, 3.8) is 0 Å². The smallest absolute Gasteiger partial charge is 0.325 e. The highest BCUT2D eigenvalue weighted by molar-refractivity contribution is 6.07. The predicted molar refractivity (Wildman–Crippen MR) is 106 cm³/mol. The molecule has 1 spiro atoms. The number of imide groups is 1. The summed E-state index contributed by atoms with van der Waals surface area (Å²) in [5.74, 6) is -0.175. The highest BCUT2D eigenvalue weighted by Gasteiger charge is 2.52. The molecule has 1 saturated carbocycles. The third-order valence-electron chi connectivity index (χ3n) is 5.64. The Labute approximate surface area is 166 Å². The van der Waals surface area contributed by atoms with E-state index in [0.29, 0.717) is 6.42 Å². The molecule has 1 aliphatic heterocycles. The Morgan fingerprint density at radius 3 is 2.54 bits per heavy atom. The van der Waals surface area contributed by atoms with E-state index >= 15 is 0 Å². The predicted octanol–water partition coefficient (Wildman–Crippen LogP) is 0.633. The summed E-state index contributed by atoms with van der Waals surface area (Å²) in [5, 5.41) is 5.97. The number of quaternary nitrogens is 1. The van der Waals surface area contributed by atoms with Gasteiger partial charge >= 0.3 is 6.03 Å². The molecule has 7 heteroatoms. The molecule has 4 amide bonds. The molecule has 0 bridgehead atoms. The number of carbonyl (C=O) groups excluding carboxylic acids is 3. The normalized spacial score (nSPS) is 19.3. The van der Waals surface area contributed by atoms with Crippen molar-refractivity contribution in [3.05, 3.63) is 35.9 Å². The Hall–Kier alpha value is -2.41. The number of rotatable bonds is 8. The van der Waals surface area contributed by atoms with Crippen LogP contribution in [0.15, 0.2) is 30.3 Å². The van der Waals surface area contributed by atoms with Gasteiger partial charge in [-0.3, -0.25) is 14.5 Å². The lowest BCUT2D eigenvalue weighted by molar-refractivity contribution is -0.860. The van der Waals surface area contributed by atoms with Gasteiger partial charge in [0.2, 0.25) is 5.91 Å². The van der Waals surface area contributed by atoms with E-state index in [1.807, 2.05) is 30.3 Å². The summed E-state index contributed by atoms with van der Waals surface area (Å²) in [6.07, 6.45) is 4.14. The topological polar surface area (TPSA) is 82.9 Å². The van der Waals surface area contributed by atoms with E-state index in [4.69, 9.17) is 0 Å². The van der Waals surface area contributed by atoms with E-state index in [1.165, 1.54) is 9.80 Å². The van der Waals surface area contributed by atoms with E-state index in [0.717, 1.165) is 37.8 Å². The van der Waals surface area contributed by atoms with Crippen LogP contribution in [0.2, 0.25) is 0 Å². The van der Waals surface area contributed by atoms with Crippen molar-refractivity contribution in [1.82, 2.24) is 15.5 Å². The lowest BCUT2D eigenvalue weighted by atomic mass is 9.98. The number of carbonyl (C=O) groups is 3. The van der Waals surface area contributed by atoms with Crippen molar-refractivity contribution in [3.8, 4) is 0 Å². The quantitative estimate of drug-likeness (QED) is 0.573. The molecule has 3 N–H and O–H groups in total. The number of nitrogens with one attached hydrogen (secondary N) is 3. The molecule has 3 rings (SSSR count). The maximum absolute atomic E-state index is 12.6. The third kappa shape index (κ3) is 4.52. The van der Waals surface area contributed by atoms with Crippen LogP contribution in [0, 0.1) is 0 Å². The van der Waals surface area contributed by atoms with Gasteiger partial charge in [0.1, 0.15) is 18.1 Å². The molecule has 7 nitrogen and oxygen atoms in total. The maximum Gasteiger partial charge on any atom is 0.325 e. The summed E-state index contributed by atoms with van der Waals surface area (Å²) in [6.45, 7) is 1.07. The van der Waals surface area contributed by atoms with E-state index in [-0.39, 0.29) is 36.9 Å². The summed E-state index contributed by atoms with van der Waals surface area (Å²) in [6, 6.07) is 9.55. The first-order valence-corrected chi connectivity index (χ1v) is 10.2. The molecule has 1 aliphatic carbocycles. The minimum absolute atomic E-state index is 0.0577. The molecule has 1 heterocycles. The molecule has 1 atom stereocenters. The Balaban J connectivity index is 1.51. The van der Waals surface area contributed by atoms with Crippen LogP contribution in [0.4, 0.5) is 4.79 Å². The molecule has 2 aliphatic rings. The summed E-state index contributed by atoms with van der Waals surface area (Å²) in [4.78, 5) is 39.8. The average Bonchev–Trinajstić information content (AvgIpc) is 3.22. The van der Waals surface area contributed by atoms with Crippen LogP contribution in [0.5, 0.6) is 0 Å². The molecule has 28 heavy (non-hydrogen) atoms. The van der Waals surface area contributed by atoms with Crippen molar-refractivity contribution >= 4 is 17.8 Å². The van der Waals surface area contributed by atoms with Gasteiger partial charge in [-0.1, -0.05) is 43.2 Å². The molecule has 152 valence electrons. The fourth-order valence-electron chi connectivity index (χ4n) is 4.21. The first kappa shape index (κ1) is 20.3. The van der Waals surface area contributed by atoms with Crippen LogP contribution in [0.25, 0.3) is 0 Å². The molecule has 1 saturated heterocycles.